The van der Waals surface area contributed by atoms with Gasteiger partial charge in [0.05, 0.1) is 28.5 Å². The molecule has 43 heavy (non-hydrogen) atoms. The third-order valence-electron chi connectivity index (χ3n) is 8.37. The standard InChI is InChI=1S/C33H36N6O3S/c1-20-18-23(12-11-22-8-5-4-6-9-22)13-14-25(20)39-26-15-16-35-31-27(26)28(37-33(39)42)29(43-31)30(40)36-24-10-7-17-38(19-24)32(41)21(2)34-3/h4-6,8-9,13-16,18,21,24,34H,7,10-12,17,19H2,1-3H3,(H,36,40)(H,37,42)/t21-,24-/m1/s1. The number of nitrogens with one attached hydrogen (secondary N) is 3. The maximum Gasteiger partial charge on any atom is 0.331 e. The van der Waals surface area contributed by atoms with Gasteiger partial charge in [-0.05, 0) is 75.4 Å². The van der Waals surface area contributed by atoms with E-state index in [1.807, 2.05) is 32.0 Å². The van der Waals surface area contributed by atoms with Crippen molar-refractivity contribution >= 4 is 56.5 Å². The van der Waals surface area contributed by atoms with Crippen LogP contribution < -0.4 is 20.9 Å². The van der Waals surface area contributed by atoms with Crippen molar-refractivity contribution in [3.63, 3.8) is 0 Å². The SMILES string of the molecule is CN[C@H](C)C(=O)N1CCC[C@@H](NC(=O)c2sc3nccc4c3c2NC(=O)N4c2ccc(CCc3ccccc3)cc2C)C1. The van der Waals surface area contributed by atoms with Crippen molar-refractivity contribution in [1.29, 1.82) is 0 Å². The highest BCUT2D eigenvalue weighted by Crippen LogP contribution is 2.46. The van der Waals surface area contributed by atoms with Gasteiger partial charge in [0.1, 0.15) is 9.71 Å². The summed E-state index contributed by atoms with van der Waals surface area (Å²) in [5.74, 6) is -0.239. The number of amides is 4. The summed E-state index contributed by atoms with van der Waals surface area (Å²) in [6, 6.07) is 17.7. The monoisotopic (exact) mass is 596 g/mol. The fourth-order valence-corrected chi connectivity index (χ4v) is 7.01. The molecule has 4 aromatic rings. The smallest absolute Gasteiger partial charge is 0.331 e. The van der Waals surface area contributed by atoms with Crippen LogP contribution in [0.3, 0.4) is 0 Å². The number of anilines is 3. The number of rotatable bonds is 8. The zero-order valence-electron chi connectivity index (χ0n) is 24.6. The Morgan fingerprint density at radius 3 is 2.65 bits per heavy atom. The van der Waals surface area contributed by atoms with E-state index in [4.69, 9.17) is 0 Å². The van der Waals surface area contributed by atoms with Crippen molar-refractivity contribution in [2.45, 2.75) is 51.6 Å². The Bertz CT molecular complexity index is 1690. The second-order valence-electron chi connectivity index (χ2n) is 11.3. The summed E-state index contributed by atoms with van der Waals surface area (Å²) in [6.45, 7) is 4.99. The Hall–Kier alpha value is -4.28. The number of hydrogen-bond acceptors (Lipinski definition) is 6. The first-order valence-corrected chi connectivity index (χ1v) is 15.6. The second-order valence-corrected chi connectivity index (χ2v) is 12.3. The number of likely N-dealkylation sites (N-methyl/N-ethyl adjacent to an activating group) is 1. The van der Waals surface area contributed by atoms with E-state index in [-0.39, 0.29) is 29.9 Å². The highest BCUT2D eigenvalue weighted by atomic mass is 32.1. The number of likely N-dealkylation sites (tertiary alicyclic amines) is 1. The highest BCUT2D eigenvalue weighted by molar-refractivity contribution is 7.21. The molecule has 2 aliphatic rings. The van der Waals surface area contributed by atoms with Crippen LogP contribution in [0, 0.1) is 6.92 Å². The van der Waals surface area contributed by atoms with Gasteiger partial charge >= 0.3 is 6.03 Å². The third-order valence-corrected chi connectivity index (χ3v) is 9.47. The van der Waals surface area contributed by atoms with Crippen molar-refractivity contribution < 1.29 is 14.4 Å². The summed E-state index contributed by atoms with van der Waals surface area (Å²) in [4.78, 5) is 49.0. The Morgan fingerprint density at radius 2 is 1.88 bits per heavy atom. The number of piperidine rings is 1. The molecule has 222 valence electrons. The lowest BCUT2D eigenvalue weighted by atomic mass is 10.0. The molecule has 4 heterocycles. The molecule has 1 fully saturated rings. The highest BCUT2D eigenvalue weighted by Gasteiger charge is 2.34. The number of benzene rings is 2. The van der Waals surface area contributed by atoms with E-state index in [1.54, 1.807) is 23.0 Å². The van der Waals surface area contributed by atoms with E-state index in [0.29, 0.717) is 34.2 Å². The minimum Gasteiger partial charge on any atom is -0.347 e. The number of thiophene rings is 1. The van der Waals surface area contributed by atoms with Gasteiger partial charge in [0.2, 0.25) is 5.91 Å². The first-order chi connectivity index (χ1) is 20.8. The Kier molecular flexibility index (Phi) is 8.14. The summed E-state index contributed by atoms with van der Waals surface area (Å²) in [5, 5.41) is 9.87. The largest absolute Gasteiger partial charge is 0.347 e. The number of aryl methyl sites for hydroxylation is 3. The van der Waals surface area contributed by atoms with Crippen LogP contribution in [0.15, 0.2) is 60.8 Å². The molecule has 10 heteroatoms. The van der Waals surface area contributed by atoms with Crippen LogP contribution in [0.2, 0.25) is 0 Å². The van der Waals surface area contributed by atoms with Crippen molar-refractivity contribution in [3.8, 4) is 0 Å². The van der Waals surface area contributed by atoms with Crippen LogP contribution in [-0.2, 0) is 17.6 Å². The average molecular weight is 597 g/mol. The minimum absolute atomic E-state index is 0.0270. The van der Waals surface area contributed by atoms with Gasteiger partial charge in [-0.2, -0.15) is 0 Å². The van der Waals surface area contributed by atoms with Crippen molar-refractivity contribution in [2.24, 2.45) is 0 Å². The molecule has 0 unspecified atom stereocenters. The van der Waals surface area contributed by atoms with Crippen LogP contribution in [0.1, 0.15) is 46.1 Å². The number of pyridine rings is 1. The van der Waals surface area contributed by atoms with Gasteiger partial charge < -0.3 is 20.9 Å². The molecule has 2 aromatic carbocycles. The molecule has 2 aromatic heterocycles. The Morgan fingerprint density at radius 1 is 1.09 bits per heavy atom. The van der Waals surface area contributed by atoms with Gasteiger partial charge in [-0.3, -0.25) is 14.5 Å². The molecular weight excluding hydrogens is 560 g/mol. The lowest BCUT2D eigenvalue weighted by Crippen LogP contribution is -2.53. The third kappa shape index (κ3) is 5.72. The van der Waals surface area contributed by atoms with Gasteiger partial charge in [0.25, 0.3) is 5.91 Å². The van der Waals surface area contributed by atoms with E-state index in [1.165, 1.54) is 22.5 Å². The van der Waals surface area contributed by atoms with Crippen LogP contribution >= 0.6 is 11.3 Å². The number of carbonyl (C=O) groups excluding carboxylic acids is 3. The zero-order valence-corrected chi connectivity index (χ0v) is 25.5. The van der Waals surface area contributed by atoms with E-state index in [2.05, 4.69) is 57.3 Å². The fourth-order valence-electron chi connectivity index (χ4n) is 5.98. The summed E-state index contributed by atoms with van der Waals surface area (Å²) in [7, 11) is 1.76. The zero-order chi connectivity index (χ0) is 30.1. The lowest BCUT2D eigenvalue weighted by Gasteiger charge is -2.34. The summed E-state index contributed by atoms with van der Waals surface area (Å²) >= 11 is 1.27. The number of hydrogen-bond donors (Lipinski definition) is 3. The van der Waals surface area contributed by atoms with E-state index < -0.39 is 0 Å². The Labute approximate surface area is 255 Å². The maximum atomic E-state index is 13.6. The van der Waals surface area contributed by atoms with Gasteiger partial charge in [0.15, 0.2) is 0 Å². The van der Waals surface area contributed by atoms with Gasteiger partial charge in [-0.15, -0.1) is 11.3 Å². The van der Waals surface area contributed by atoms with Crippen LogP contribution in [-0.4, -0.2) is 60.0 Å². The number of aromatic nitrogens is 1. The van der Waals surface area contributed by atoms with Crippen molar-refractivity contribution in [1.82, 2.24) is 20.5 Å². The molecule has 1 saturated heterocycles. The molecule has 2 aliphatic heterocycles. The van der Waals surface area contributed by atoms with Crippen molar-refractivity contribution in [3.05, 3.63) is 82.4 Å². The van der Waals surface area contributed by atoms with Crippen LogP contribution in [0.25, 0.3) is 10.2 Å². The first kappa shape index (κ1) is 28.8. The quantitative estimate of drug-likeness (QED) is 0.253. The second kappa shape index (κ2) is 12.1. The Balaban J connectivity index is 1.23. The summed E-state index contributed by atoms with van der Waals surface area (Å²) in [6.07, 6.45) is 5.14. The molecule has 0 bridgehead atoms. The number of nitrogens with zero attached hydrogens (tertiary/aromatic N) is 3. The summed E-state index contributed by atoms with van der Waals surface area (Å²) in [5.41, 5.74) is 5.48. The molecule has 4 amide bonds. The minimum atomic E-state index is -0.317. The predicted octanol–water partition coefficient (Wildman–Crippen LogP) is 5.40. The van der Waals surface area contributed by atoms with Crippen LogP contribution in [0.5, 0.6) is 0 Å². The predicted molar refractivity (Wildman–Crippen MR) is 171 cm³/mol. The molecule has 2 atom stereocenters. The number of carbonyl (C=O) groups is 3. The van der Waals surface area contributed by atoms with E-state index in [9.17, 15) is 14.4 Å². The molecule has 0 spiro atoms. The maximum absolute atomic E-state index is 13.6. The first-order valence-electron chi connectivity index (χ1n) is 14.8. The van der Waals surface area contributed by atoms with Gasteiger partial charge in [-0.25, -0.2) is 9.78 Å². The average Bonchev–Trinajstić information content (AvgIpc) is 3.40. The molecule has 9 nitrogen and oxygen atoms in total. The lowest BCUT2D eigenvalue weighted by molar-refractivity contribution is -0.134. The molecule has 0 radical (unpaired) electrons. The van der Waals surface area contributed by atoms with Crippen LogP contribution in [0.4, 0.5) is 21.9 Å². The molecular formula is C33H36N6O3S. The molecule has 6 rings (SSSR count). The van der Waals surface area contributed by atoms with E-state index in [0.717, 1.165) is 42.3 Å². The normalized spacial score (nSPS) is 17.1. The van der Waals surface area contributed by atoms with Gasteiger partial charge in [-0.1, -0.05) is 42.5 Å². The molecule has 0 saturated carbocycles. The van der Waals surface area contributed by atoms with Crippen molar-refractivity contribution in [2.75, 3.05) is 30.4 Å². The summed E-state index contributed by atoms with van der Waals surface area (Å²) < 4.78 is 0. The number of urea groups is 1. The molecule has 0 aliphatic carbocycles. The van der Waals surface area contributed by atoms with E-state index >= 15 is 0 Å². The molecule has 3 N–H and O–H groups in total. The fraction of sp³-hybridized carbons (Fsp3) is 0.333. The van der Waals surface area contributed by atoms with Gasteiger partial charge in [0, 0.05) is 25.3 Å². The topological polar surface area (TPSA) is 107 Å².